The number of carbonyl (C=O) groups excluding carboxylic acids is 2. The Hall–Kier alpha value is -3.78. The number of hydrogen-bond acceptors (Lipinski definition) is 5. The zero-order valence-electron chi connectivity index (χ0n) is 19.3. The highest BCUT2D eigenvalue weighted by molar-refractivity contribution is 5.92. The molecule has 2 aromatic carbocycles. The molecular formula is C26H27FN4O3. The molecule has 0 aliphatic carbocycles. The van der Waals surface area contributed by atoms with Gasteiger partial charge in [-0.25, -0.2) is 14.0 Å². The molecule has 1 aromatic heterocycles. The molecular weight excluding hydrogens is 435 g/mol. The van der Waals surface area contributed by atoms with Crippen LogP contribution in [0, 0.1) is 5.82 Å². The lowest BCUT2D eigenvalue weighted by atomic mass is 10.1. The fraction of sp³-hybridized carbons (Fsp3) is 0.269. The van der Waals surface area contributed by atoms with Gasteiger partial charge >= 0.3 is 12.0 Å². The van der Waals surface area contributed by atoms with Crippen LogP contribution in [0.3, 0.4) is 0 Å². The standard InChI is InChI=1S/C26H27FN4O3/c1-29-13-15-30(16-14-29)26(33)31(18-22-4-3-21(17-24(22)27)25(32)34-2)23-7-5-19(6-8-23)20-9-11-28-12-10-20/h3-12,17H,13-16,18H2,1-2H3. The lowest BCUT2D eigenvalue weighted by Crippen LogP contribution is -2.52. The fourth-order valence-corrected chi connectivity index (χ4v) is 3.91. The minimum atomic E-state index is -0.609. The smallest absolute Gasteiger partial charge is 0.337 e. The molecule has 0 radical (unpaired) electrons. The second-order valence-corrected chi connectivity index (χ2v) is 8.24. The number of rotatable bonds is 5. The number of pyridine rings is 1. The summed E-state index contributed by atoms with van der Waals surface area (Å²) in [6, 6.07) is 15.4. The Morgan fingerprint density at radius 2 is 1.62 bits per heavy atom. The maximum Gasteiger partial charge on any atom is 0.337 e. The van der Waals surface area contributed by atoms with Gasteiger partial charge in [-0.2, -0.15) is 0 Å². The van der Waals surface area contributed by atoms with E-state index in [0.29, 0.717) is 24.3 Å². The lowest BCUT2D eigenvalue weighted by molar-refractivity contribution is 0.0600. The average Bonchev–Trinajstić information content (AvgIpc) is 2.88. The third-order valence-corrected chi connectivity index (χ3v) is 6.00. The zero-order valence-corrected chi connectivity index (χ0v) is 19.3. The summed E-state index contributed by atoms with van der Waals surface area (Å²) in [6.45, 7) is 2.80. The number of ether oxygens (including phenoxy) is 1. The van der Waals surface area contributed by atoms with Crippen LogP contribution in [-0.2, 0) is 11.3 Å². The van der Waals surface area contributed by atoms with Crippen LogP contribution in [0.15, 0.2) is 67.0 Å². The fourth-order valence-electron chi connectivity index (χ4n) is 3.91. The van der Waals surface area contributed by atoms with Crippen molar-refractivity contribution in [3.8, 4) is 11.1 Å². The van der Waals surface area contributed by atoms with Gasteiger partial charge in [0.2, 0.25) is 0 Å². The number of hydrogen-bond donors (Lipinski definition) is 0. The van der Waals surface area contributed by atoms with E-state index in [4.69, 9.17) is 0 Å². The van der Waals surface area contributed by atoms with Gasteiger partial charge in [-0.3, -0.25) is 9.88 Å². The van der Waals surface area contributed by atoms with Gasteiger partial charge < -0.3 is 14.5 Å². The van der Waals surface area contributed by atoms with Crippen molar-refractivity contribution in [3.63, 3.8) is 0 Å². The van der Waals surface area contributed by atoms with E-state index >= 15 is 0 Å². The van der Waals surface area contributed by atoms with Gasteiger partial charge in [-0.1, -0.05) is 18.2 Å². The topological polar surface area (TPSA) is 66.0 Å². The summed E-state index contributed by atoms with van der Waals surface area (Å²) < 4.78 is 19.6. The van der Waals surface area contributed by atoms with E-state index < -0.39 is 11.8 Å². The number of nitrogens with zero attached hydrogens (tertiary/aromatic N) is 4. The molecule has 7 nitrogen and oxygen atoms in total. The largest absolute Gasteiger partial charge is 0.465 e. The van der Waals surface area contributed by atoms with Crippen molar-refractivity contribution in [2.45, 2.75) is 6.54 Å². The Morgan fingerprint density at radius 3 is 2.24 bits per heavy atom. The minimum Gasteiger partial charge on any atom is -0.465 e. The number of likely N-dealkylation sites (N-methyl/N-ethyl adjacent to an activating group) is 1. The Labute approximate surface area is 198 Å². The Balaban J connectivity index is 1.63. The Kier molecular flexibility index (Phi) is 7.18. The third kappa shape index (κ3) is 5.23. The molecule has 0 saturated carbocycles. The first-order chi connectivity index (χ1) is 16.5. The van der Waals surface area contributed by atoms with Gasteiger partial charge in [-0.15, -0.1) is 0 Å². The molecule has 1 fully saturated rings. The van der Waals surface area contributed by atoms with Crippen molar-refractivity contribution in [2.24, 2.45) is 0 Å². The van der Waals surface area contributed by atoms with Gasteiger partial charge in [0.1, 0.15) is 5.82 Å². The first-order valence-electron chi connectivity index (χ1n) is 11.1. The van der Waals surface area contributed by atoms with Crippen LogP contribution in [0.1, 0.15) is 15.9 Å². The van der Waals surface area contributed by atoms with Crippen molar-refractivity contribution in [3.05, 3.63) is 83.9 Å². The SMILES string of the molecule is COC(=O)c1ccc(CN(C(=O)N2CCN(C)CC2)c2ccc(-c3ccncc3)cc2)c(F)c1. The number of amides is 2. The second-order valence-electron chi connectivity index (χ2n) is 8.24. The molecule has 0 atom stereocenters. The van der Waals surface area contributed by atoms with Crippen molar-refractivity contribution in [1.82, 2.24) is 14.8 Å². The highest BCUT2D eigenvalue weighted by atomic mass is 19.1. The summed E-state index contributed by atoms with van der Waals surface area (Å²) in [4.78, 5) is 34.9. The number of carbonyl (C=O) groups is 2. The molecule has 1 aliphatic rings. The summed E-state index contributed by atoms with van der Waals surface area (Å²) in [7, 11) is 3.27. The number of urea groups is 1. The molecule has 1 aliphatic heterocycles. The van der Waals surface area contributed by atoms with Gasteiger partial charge in [0, 0.05) is 49.8 Å². The van der Waals surface area contributed by atoms with Gasteiger partial charge in [0.25, 0.3) is 0 Å². The van der Waals surface area contributed by atoms with E-state index in [1.54, 1.807) is 22.2 Å². The van der Waals surface area contributed by atoms with Crippen LogP contribution in [0.25, 0.3) is 11.1 Å². The van der Waals surface area contributed by atoms with Gasteiger partial charge in [-0.05, 0) is 54.6 Å². The molecule has 8 heteroatoms. The number of methoxy groups -OCH3 is 1. The molecule has 4 rings (SSSR count). The number of anilines is 1. The van der Waals surface area contributed by atoms with Crippen LogP contribution in [0.4, 0.5) is 14.9 Å². The van der Waals surface area contributed by atoms with E-state index in [1.165, 1.54) is 19.2 Å². The van der Waals surface area contributed by atoms with Crippen molar-refractivity contribution >= 4 is 17.7 Å². The summed E-state index contributed by atoms with van der Waals surface area (Å²) in [5, 5.41) is 0. The molecule has 0 unspecified atom stereocenters. The highest BCUT2D eigenvalue weighted by Crippen LogP contribution is 2.26. The predicted molar refractivity (Wildman–Crippen MR) is 128 cm³/mol. The molecule has 3 aromatic rings. The molecule has 2 amide bonds. The average molecular weight is 463 g/mol. The van der Waals surface area contributed by atoms with Crippen LogP contribution < -0.4 is 4.90 Å². The van der Waals surface area contributed by atoms with Crippen LogP contribution in [0.5, 0.6) is 0 Å². The summed E-state index contributed by atoms with van der Waals surface area (Å²) in [5.74, 6) is -1.17. The number of esters is 1. The normalized spacial score (nSPS) is 14.0. The molecule has 0 N–H and O–H groups in total. The van der Waals surface area contributed by atoms with E-state index in [0.717, 1.165) is 30.3 Å². The molecule has 1 saturated heterocycles. The maximum absolute atomic E-state index is 14.9. The van der Waals surface area contributed by atoms with E-state index in [2.05, 4.69) is 14.6 Å². The van der Waals surface area contributed by atoms with Gasteiger partial charge in [0.05, 0.1) is 19.2 Å². The monoisotopic (exact) mass is 462 g/mol. The number of piperazine rings is 1. The lowest BCUT2D eigenvalue weighted by Gasteiger charge is -2.36. The van der Waals surface area contributed by atoms with Crippen LogP contribution in [0.2, 0.25) is 0 Å². The molecule has 0 spiro atoms. The van der Waals surface area contributed by atoms with Crippen molar-refractivity contribution in [1.29, 1.82) is 0 Å². The van der Waals surface area contributed by atoms with Crippen LogP contribution >= 0.6 is 0 Å². The Bertz CT molecular complexity index is 1150. The summed E-state index contributed by atoms with van der Waals surface area (Å²) in [6.07, 6.45) is 3.46. The number of halogens is 1. The quantitative estimate of drug-likeness (QED) is 0.536. The number of aromatic nitrogens is 1. The Morgan fingerprint density at radius 1 is 0.971 bits per heavy atom. The molecule has 2 heterocycles. The van der Waals surface area contributed by atoms with E-state index in [-0.39, 0.29) is 18.1 Å². The zero-order chi connectivity index (χ0) is 24.1. The first-order valence-corrected chi connectivity index (χ1v) is 11.1. The molecule has 34 heavy (non-hydrogen) atoms. The van der Waals surface area contributed by atoms with E-state index in [1.807, 2.05) is 43.4 Å². The van der Waals surface area contributed by atoms with Crippen molar-refractivity contribution in [2.75, 3.05) is 45.2 Å². The molecule has 0 bridgehead atoms. The second kappa shape index (κ2) is 10.4. The minimum absolute atomic E-state index is 0.0348. The summed E-state index contributed by atoms with van der Waals surface area (Å²) in [5.41, 5.74) is 3.11. The molecule has 176 valence electrons. The van der Waals surface area contributed by atoms with Crippen LogP contribution in [-0.4, -0.2) is 67.1 Å². The van der Waals surface area contributed by atoms with E-state index in [9.17, 15) is 14.0 Å². The third-order valence-electron chi connectivity index (χ3n) is 6.00. The maximum atomic E-state index is 14.9. The van der Waals surface area contributed by atoms with Crippen molar-refractivity contribution < 1.29 is 18.7 Å². The predicted octanol–water partition coefficient (Wildman–Crippen LogP) is 4.05. The highest BCUT2D eigenvalue weighted by Gasteiger charge is 2.26. The van der Waals surface area contributed by atoms with Gasteiger partial charge in [0.15, 0.2) is 0 Å². The summed E-state index contributed by atoms with van der Waals surface area (Å²) >= 11 is 0. The number of benzene rings is 2. The first kappa shape index (κ1) is 23.4.